The van der Waals surface area contributed by atoms with Crippen LogP contribution in [0.4, 0.5) is 8.78 Å². The Morgan fingerprint density at radius 1 is 1.33 bits per heavy atom. The first-order valence-corrected chi connectivity index (χ1v) is 4.38. The van der Waals surface area contributed by atoms with Gasteiger partial charge >= 0.3 is 0 Å². The van der Waals surface area contributed by atoms with Crippen LogP contribution < -0.4 is 0 Å². The molecule has 0 saturated heterocycles. The summed E-state index contributed by atoms with van der Waals surface area (Å²) in [5.74, 6) is -2.62. The molecule has 0 bridgehead atoms. The second-order valence-electron chi connectivity index (χ2n) is 4.12. The van der Waals surface area contributed by atoms with E-state index in [1.807, 2.05) is 0 Å². The van der Waals surface area contributed by atoms with Gasteiger partial charge in [0.2, 0.25) is 11.2 Å². The Labute approximate surface area is 74.1 Å². The van der Waals surface area contributed by atoms with E-state index in [1.54, 1.807) is 0 Å². The van der Waals surface area contributed by atoms with Gasteiger partial charge in [-0.25, -0.2) is 8.78 Å². The second kappa shape index (κ2) is 2.19. The normalized spacial score (nSPS) is 30.9. The van der Waals surface area contributed by atoms with Crippen LogP contribution in [0.25, 0.3) is 0 Å². The van der Waals surface area contributed by atoms with Gasteiger partial charge < -0.3 is 0 Å². The third kappa shape index (κ3) is 1.15. The molecular formula is C8H9ClF2O. The van der Waals surface area contributed by atoms with Crippen LogP contribution in [0, 0.1) is 11.3 Å². The van der Waals surface area contributed by atoms with Crippen molar-refractivity contribution in [2.75, 3.05) is 0 Å². The Morgan fingerprint density at radius 2 is 1.83 bits per heavy atom. The molecule has 0 heterocycles. The maximum Gasteiger partial charge on any atom is 0.249 e. The highest BCUT2D eigenvalue weighted by molar-refractivity contribution is 6.64. The van der Waals surface area contributed by atoms with Crippen molar-refractivity contribution in [2.45, 2.75) is 31.6 Å². The largest absolute Gasteiger partial charge is 0.281 e. The minimum absolute atomic E-state index is 0.0410. The van der Waals surface area contributed by atoms with E-state index in [2.05, 4.69) is 0 Å². The van der Waals surface area contributed by atoms with Gasteiger partial charge in [-0.1, -0.05) is 0 Å². The molecule has 1 nitrogen and oxygen atoms in total. The number of rotatable bonds is 1. The van der Waals surface area contributed by atoms with Crippen molar-refractivity contribution in [1.82, 2.24) is 0 Å². The average molecular weight is 195 g/mol. The summed E-state index contributed by atoms with van der Waals surface area (Å²) in [5, 5.41) is -0.365. The maximum atomic E-state index is 12.5. The number of carbonyl (C=O) groups excluding carboxylic acids is 1. The molecule has 0 unspecified atom stereocenters. The van der Waals surface area contributed by atoms with Gasteiger partial charge in [-0.2, -0.15) is 0 Å². The molecule has 4 heteroatoms. The summed E-state index contributed by atoms with van der Waals surface area (Å²) in [6.07, 6.45) is 1.07. The number of hydrogen-bond acceptors (Lipinski definition) is 1. The first kappa shape index (κ1) is 8.42. The van der Waals surface area contributed by atoms with Gasteiger partial charge in [-0.15, -0.1) is 0 Å². The molecule has 0 atom stereocenters. The summed E-state index contributed by atoms with van der Waals surface area (Å²) in [6, 6.07) is 0. The lowest BCUT2D eigenvalue weighted by Crippen LogP contribution is -2.54. The molecule has 2 saturated carbocycles. The first-order chi connectivity index (χ1) is 5.43. The molecule has 0 N–H and O–H groups in total. The van der Waals surface area contributed by atoms with Gasteiger partial charge in [0.15, 0.2) is 0 Å². The fourth-order valence-electron chi connectivity index (χ4n) is 2.48. The fraction of sp³-hybridized carbons (Fsp3) is 0.875. The molecule has 68 valence electrons. The molecule has 0 aromatic carbocycles. The Hall–Kier alpha value is -0.180. The summed E-state index contributed by atoms with van der Waals surface area (Å²) in [6.45, 7) is 0. The van der Waals surface area contributed by atoms with Crippen LogP contribution in [0.2, 0.25) is 0 Å². The summed E-state index contributed by atoms with van der Waals surface area (Å²) >= 11 is 5.23. The van der Waals surface area contributed by atoms with Gasteiger partial charge in [0, 0.05) is 18.8 Å². The van der Waals surface area contributed by atoms with E-state index in [0.29, 0.717) is 12.8 Å². The monoisotopic (exact) mass is 194 g/mol. The molecule has 0 aliphatic heterocycles. The summed E-state index contributed by atoms with van der Waals surface area (Å²) < 4.78 is 24.9. The Kier molecular flexibility index (Phi) is 1.54. The predicted molar refractivity (Wildman–Crippen MR) is 40.2 cm³/mol. The molecule has 1 spiro atoms. The van der Waals surface area contributed by atoms with Crippen LogP contribution in [-0.4, -0.2) is 11.2 Å². The van der Waals surface area contributed by atoms with Crippen LogP contribution in [0.15, 0.2) is 0 Å². The summed E-state index contributed by atoms with van der Waals surface area (Å²) in [5.41, 5.74) is -0.223. The van der Waals surface area contributed by atoms with Gasteiger partial charge in [-0.05, 0) is 29.9 Å². The quantitative estimate of drug-likeness (QED) is 0.587. The topological polar surface area (TPSA) is 17.1 Å². The lowest BCUT2D eigenvalue weighted by Gasteiger charge is -2.56. The molecule has 0 radical (unpaired) electrons. The van der Waals surface area contributed by atoms with Gasteiger partial charge in [0.25, 0.3) is 0 Å². The summed E-state index contributed by atoms with van der Waals surface area (Å²) in [4.78, 5) is 10.6. The van der Waals surface area contributed by atoms with Crippen molar-refractivity contribution in [2.24, 2.45) is 11.3 Å². The van der Waals surface area contributed by atoms with E-state index in [-0.39, 0.29) is 29.4 Å². The average Bonchev–Trinajstić information content (AvgIpc) is 1.75. The third-order valence-corrected chi connectivity index (χ3v) is 3.26. The molecule has 12 heavy (non-hydrogen) atoms. The molecule has 2 aliphatic carbocycles. The highest BCUT2D eigenvalue weighted by Gasteiger charge is 2.62. The molecule has 0 aromatic rings. The van der Waals surface area contributed by atoms with Crippen molar-refractivity contribution in [3.05, 3.63) is 0 Å². The van der Waals surface area contributed by atoms with Crippen LogP contribution in [0.3, 0.4) is 0 Å². The lowest BCUT2D eigenvalue weighted by molar-refractivity contribution is -0.205. The highest BCUT2D eigenvalue weighted by Crippen LogP contribution is 2.64. The standard InChI is InChI=1S/C8H9ClF2O/c9-6(12)5-1-7(2-5)3-8(10,11)4-7/h5H,1-4H2. The smallest absolute Gasteiger partial charge is 0.249 e. The van der Waals surface area contributed by atoms with Gasteiger partial charge in [-0.3, -0.25) is 4.79 Å². The van der Waals surface area contributed by atoms with E-state index in [0.717, 1.165) is 0 Å². The Morgan fingerprint density at radius 3 is 2.17 bits per heavy atom. The molecule has 2 aliphatic rings. The van der Waals surface area contributed by atoms with Crippen molar-refractivity contribution in [3.8, 4) is 0 Å². The Balaban J connectivity index is 1.87. The fourth-order valence-corrected chi connectivity index (χ4v) is 2.63. The third-order valence-electron chi connectivity index (χ3n) is 2.95. The van der Waals surface area contributed by atoms with Crippen LogP contribution in [-0.2, 0) is 4.79 Å². The SMILES string of the molecule is O=C(Cl)C1CC2(C1)CC(F)(F)C2. The highest BCUT2D eigenvalue weighted by atomic mass is 35.5. The zero-order valence-electron chi connectivity index (χ0n) is 6.45. The molecule has 2 rings (SSSR count). The van der Waals surface area contributed by atoms with Crippen molar-refractivity contribution in [3.63, 3.8) is 0 Å². The van der Waals surface area contributed by atoms with Crippen molar-refractivity contribution >= 4 is 16.8 Å². The van der Waals surface area contributed by atoms with E-state index in [9.17, 15) is 13.6 Å². The predicted octanol–water partition coefficient (Wildman–Crippen LogP) is 2.58. The number of hydrogen-bond donors (Lipinski definition) is 0. The van der Waals surface area contributed by atoms with E-state index < -0.39 is 5.92 Å². The van der Waals surface area contributed by atoms with E-state index in [1.165, 1.54) is 0 Å². The number of carbonyl (C=O) groups is 1. The second-order valence-corrected chi connectivity index (χ2v) is 4.49. The maximum absolute atomic E-state index is 12.5. The molecule has 0 aromatic heterocycles. The molecule has 0 amide bonds. The molecule has 2 fully saturated rings. The van der Waals surface area contributed by atoms with Gasteiger partial charge in [0.1, 0.15) is 0 Å². The zero-order chi connectivity index (χ0) is 8.98. The number of halogens is 3. The lowest BCUT2D eigenvalue weighted by atomic mass is 9.50. The van der Waals surface area contributed by atoms with Crippen LogP contribution >= 0.6 is 11.6 Å². The minimum Gasteiger partial charge on any atom is -0.281 e. The van der Waals surface area contributed by atoms with E-state index in [4.69, 9.17) is 11.6 Å². The van der Waals surface area contributed by atoms with Crippen LogP contribution in [0.5, 0.6) is 0 Å². The van der Waals surface area contributed by atoms with Gasteiger partial charge in [0.05, 0.1) is 0 Å². The number of alkyl halides is 2. The van der Waals surface area contributed by atoms with Crippen molar-refractivity contribution < 1.29 is 13.6 Å². The van der Waals surface area contributed by atoms with Crippen LogP contribution in [0.1, 0.15) is 25.7 Å². The van der Waals surface area contributed by atoms with Crippen molar-refractivity contribution in [1.29, 1.82) is 0 Å². The molecular weight excluding hydrogens is 186 g/mol. The van der Waals surface area contributed by atoms with E-state index >= 15 is 0 Å². The first-order valence-electron chi connectivity index (χ1n) is 4.00. The zero-order valence-corrected chi connectivity index (χ0v) is 7.20. The minimum atomic E-state index is -2.47. The summed E-state index contributed by atoms with van der Waals surface area (Å²) in [7, 11) is 0. The Bertz CT molecular complexity index is 223.